The molecule has 0 fully saturated rings. The zero-order valence-electron chi connectivity index (χ0n) is 11.8. The molecule has 1 spiro atoms. The first kappa shape index (κ1) is 11.7. The fourth-order valence-corrected chi connectivity index (χ4v) is 3.78. The Hall–Kier alpha value is -2.95. The van der Waals surface area contributed by atoms with Gasteiger partial charge in [0, 0.05) is 25.0 Å². The molecule has 5 heteroatoms. The van der Waals surface area contributed by atoms with Crippen LogP contribution >= 0.6 is 0 Å². The predicted molar refractivity (Wildman–Crippen MR) is 80.8 cm³/mol. The van der Waals surface area contributed by atoms with Gasteiger partial charge in [-0.1, -0.05) is 18.2 Å². The lowest BCUT2D eigenvalue weighted by Gasteiger charge is -2.28. The van der Waals surface area contributed by atoms with Gasteiger partial charge < -0.3 is 4.57 Å². The number of rotatable bonds is 0. The van der Waals surface area contributed by atoms with Crippen LogP contribution in [0.2, 0.25) is 0 Å². The largest absolute Gasteiger partial charge is 0.328 e. The van der Waals surface area contributed by atoms with Crippen molar-refractivity contribution in [2.75, 3.05) is 7.05 Å². The summed E-state index contributed by atoms with van der Waals surface area (Å²) in [5, 5.41) is 0. The first-order valence-electron chi connectivity index (χ1n) is 7.06. The van der Waals surface area contributed by atoms with Crippen molar-refractivity contribution in [3.05, 3.63) is 59.4 Å². The second-order valence-corrected chi connectivity index (χ2v) is 5.72. The van der Waals surface area contributed by atoms with Crippen LogP contribution in [0.3, 0.4) is 0 Å². The van der Waals surface area contributed by atoms with Crippen molar-refractivity contribution in [1.29, 1.82) is 0 Å². The average molecular weight is 289 g/mol. The molecule has 22 heavy (non-hydrogen) atoms. The zero-order chi connectivity index (χ0) is 15.1. The summed E-state index contributed by atoms with van der Waals surface area (Å²) in [5.74, 6) is -0.485. The van der Waals surface area contributed by atoms with E-state index in [1.165, 1.54) is 11.9 Å². The van der Waals surface area contributed by atoms with Crippen molar-refractivity contribution in [3.8, 4) is 0 Å². The summed E-state index contributed by atoms with van der Waals surface area (Å²) in [6.45, 7) is 0. The number of para-hydroxylation sites is 1. The van der Waals surface area contributed by atoms with Gasteiger partial charge in [-0.2, -0.15) is 0 Å². The van der Waals surface area contributed by atoms with Crippen LogP contribution in [0.25, 0.3) is 5.57 Å². The maximum absolute atomic E-state index is 12.7. The summed E-state index contributed by atoms with van der Waals surface area (Å²) >= 11 is 0. The molecular weight excluding hydrogens is 278 g/mol. The van der Waals surface area contributed by atoms with E-state index in [0.717, 1.165) is 16.9 Å². The number of hydrogen-bond donors (Lipinski definition) is 0. The number of aliphatic imine (C=N–C) groups is 1. The normalized spacial score (nSPS) is 24.5. The first-order chi connectivity index (χ1) is 10.7. The number of likely N-dealkylation sites (N-methyl/N-ethyl adjacent to an activating group) is 1. The molecule has 1 aromatic carbocycles. The van der Waals surface area contributed by atoms with Gasteiger partial charge in [0.15, 0.2) is 0 Å². The number of fused-ring (bicyclic) bond motifs is 6. The van der Waals surface area contributed by atoms with Gasteiger partial charge >= 0.3 is 0 Å². The van der Waals surface area contributed by atoms with Gasteiger partial charge in [-0.25, -0.2) is 0 Å². The van der Waals surface area contributed by atoms with E-state index < -0.39 is 5.54 Å². The average Bonchev–Trinajstić information content (AvgIpc) is 3.24. The van der Waals surface area contributed by atoms with Crippen molar-refractivity contribution in [2.45, 2.75) is 5.54 Å². The molecule has 4 heterocycles. The van der Waals surface area contributed by atoms with Crippen molar-refractivity contribution < 1.29 is 9.59 Å². The number of aromatic nitrogens is 1. The van der Waals surface area contributed by atoms with Gasteiger partial charge in [-0.05, 0) is 18.2 Å². The molecule has 3 aliphatic heterocycles. The van der Waals surface area contributed by atoms with Crippen LogP contribution in [0.4, 0.5) is 5.69 Å². The summed E-state index contributed by atoms with van der Waals surface area (Å²) in [4.78, 5) is 30.9. The van der Waals surface area contributed by atoms with Gasteiger partial charge in [-0.15, -0.1) is 0 Å². The lowest BCUT2D eigenvalue weighted by atomic mass is 9.84. The highest BCUT2D eigenvalue weighted by molar-refractivity contribution is 6.38. The number of nitrogens with zero attached hydrogens (tertiary/aromatic N) is 3. The summed E-state index contributed by atoms with van der Waals surface area (Å²) in [7, 11) is 1.53. The van der Waals surface area contributed by atoms with Gasteiger partial charge in [-0.3, -0.25) is 19.5 Å². The quantitative estimate of drug-likeness (QED) is 0.693. The molecule has 0 saturated heterocycles. The fraction of sp³-hybridized carbons (Fsp3) is 0.118. The number of carbonyl (C=O) groups is 2. The van der Waals surface area contributed by atoms with Crippen LogP contribution in [-0.2, 0) is 15.1 Å². The third-order valence-corrected chi connectivity index (χ3v) is 4.76. The molecule has 1 unspecified atom stereocenters. The van der Waals surface area contributed by atoms with E-state index in [4.69, 9.17) is 0 Å². The maximum atomic E-state index is 12.7. The minimum atomic E-state index is -0.789. The molecule has 0 radical (unpaired) electrons. The van der Waals surface area contributed by atoms with Crippen LogP contribution < -0.4 is 0 Å². The van der Waals surface area contributed by atoms with Crippen molar-refractivity contribution in [1.82, 2.24) is 9.47 Å². The Kier molecular flexibility index (Phi) is 1.83. The molecule has 2 amide bonds. The molecule has 0 bridgehead atoms. The van der Waals surface area contributed by atoms with E-state index in [2.05, 4.69) is 4.99 Å². The second-order valence-electron chi connectivity index (χ2n) is 5.72. The van der Waals surface area contributed by atoms with E-state index in [1.807, 2.05) is 47.2 Å². The number of carbonyl (C=O) groups excluding carboxylic acids is 2. The molecule has 0 N–H and O–H groups in total. The minimum absolute atomic E-state index is 0.241. The third-order valence-electron chi connectivity index (χ3n) is 4.76. The minimum Gasteiger partial charge on any atom is -0.328 e. The highest BCUT2D eigenvalue weighted by Crippen LogP contribution is 2.53. The van der Waals surface area contributed by atoms with Gasteiger partial charge in [0.25, 0.3) is 11.8 Å². The Morgan fingerprint density at radius 2 is 1.86 bits per heavy atom. The van der Waals surface area contributed by atoms with E-state index >= 15 is 0 Å². The van der Waals surface area contributed by atoms with Crippen molar-refractivity contribution >= 4 is 29.3 Å². The van der Waals surface area contributed by atoms with E-state index in [0.29, 0.717) is 11.1 Å². The molecule has 1 aromatic heterocycles. The lowest BCUT2D eigenvalue weighted by Crippen LogP contribution is -2.40. The molecule has 5 rings (SSSR count). The van der Waals surface area contributed by atoms with E-state index in [-0.39, 0.29) is 11.8 Å². The first-order valence-corrected chi connectivity index (χ1v) is 7.06. The molecule has 2 aromatic rings. The highest BCUT2D eigenvalue weighted by Gasteiger charge is 2.57. The van der Waals surface area contributed by atoms with Crippen LogP contribution in [0.5, 0.6) is 0 Å². The molecule has 0 saturated carbocycles. The molecule has 3 aliphatic rings. The highest BCUT2D eigenvalue weighted by atomic mass is 16.2. The topological polar surface area (TPSA) is 54.7 Å². The summed E-state index contributed by atoms with van der Waals surface area (Å²) in [5.41, 5.74) is 2.79. The Bertz CT molecular complexity index is 950. The number of benzene rings is 1. The van der Waals surface area contributed by atoms with Gasteiger partial charge in [0.2, 0.25) is 0 Å². The maximum Gasteiger partial charge on any atom is 0.263 e. The zero-order valence-corrected chi connectivity index (χ0v) is 11.8. The monoisotopic (exact) mass is 289 g/mol. The molecule has 106 valence electrons. The summed E-state index contributed by atoms with van der Waals surface area (Å²) in [6.07, 6.45) is 3.69. The summed E-state index contributed by atoms with van der Waals surface area (Å²) in [6, 6.07) is 11.5. The Morgan fingerprint density at radius 3 is 2.73 bits per heavy atom. The Morgan fingerprint density at radius 1 is 1.05 bits per heavy atom. The Balaban J connectivity index is 1.93. The molecule has 1 atom stereocenters. The predicted octanol–water partition coefficient (Wildman–Crippen LogP) is 1.71. The van der Waals surface area contributed by atoms with Crippen LogP contribution in [0.15, 0.2) is 53.2 Å². The number of hydrogen-bond acceptors (Lipinski definition) is 3. The van der Waals surface area contributed by atoms with Gasteiger partial charge in [0.1, 0.15) is 5.54 Å². The second kappa shape index (κ2) is 3.44. The SMILES string of the molecule is CN1C(=O)C2=C(C1=O)C1(C=Nc3ccccc31)n1cccc12. The lowest BCUT2D eigenvalue weighted by molar-refractivity contribution is -0.135. The van der Waals surface area contributed by atoms with Crippen LogP contribution in [0.1, 0.15) is 11.3 Å². The molecule has 0 aliphatic carbocycles. The van der Waals surface area contributed by atoms with Crippen LogP contribution in [-0.4, -0.2) is 34.5 Å². The number of amides is 2. The van der Waals surface area contributed by atoms with E-state index in [1.54, 1.807) is 6.21 Å². The van der Waals surface area contributed by atoms with Crippen LogP contribution in [0, 0.1) is 0 Å². The summed E-state index contributed by atoms with van der Waals surface area (Å²) < 4.78 is 1.98. The third kappa shape index (κ3) is 1.01. The van der Waals surface area contributed by atoms with E-state index in [9.17, 15) is 9.59 Å². The Labute approximate surface area is 126 Å². The molecular formula is C17H11N3O2. The number of imide groups is 1. The smallest absolute Gasteiger partial charge is 0.263 e. The fourth-order valence-electron chi connectivity index (χ4n) is 3.78. The van der Waals surface area contributed by atoms with Crippen molar-refractivity contribution in [3.63, 3.8) is 0 Å². The molecule has 5 nitrogen and oxygen atoms in total. The standard InChI is InChI=1S/C17H11N3O2/c1-19-15(21)13-12-7-4-8-20(12)17(14(13)16(19)22)9-18-11-6-3-2-5-10(11)17/h2-9H,1H3. The van der Waals surface area contributed by atoms with Crippen molar-refractivity contribution in [2.24, 2.45) is 4.99 Å². The van der Waals surface area contributed by atoms with Gasteiger partial charge in [0.05, 0.1) is 22.5 Å².